The summed E-state index contributed by atoms with van der Waals surface area (Å²) in [5.74, 6) is 0.182. The Hall–Kier alpha value is -4.06. The average molecular weight is 889 g/mol. The molecule has 58 heavy (non-hydrogen) atoms. The van der Waals surface area contributed by atoms with Crippen molar-refractivity contribution in [1.29, 1.82) is 0 Å². The van der Waals surface area contributed by atoms with Crippen molar-refractivity contribution in [2.75, 3.05) is 0 Å². The van der Waals surface area contributed by atoms with Crippen LogP contribution >= 0.6 is 39.1 Å². The highest BCUT2D eigenvalue weighted by atomic mass is 79.9. The van der Waals surface area contributed by atoms with Gasteiger partial charge < -0.3 is 30.9 Å². The Morgan fingerprint density at radius 3 is 1.40 bits per heavy atom. The van der Waals surface area contributed by atoms with Gasteiger partial charge in [-0.3, -0.25) is 9.59 Å². The number of aliphatic hydroxyl groups excluding tert-OH is 2. The van der Waals surface area contributed by atoms with Gasteiger partial charge in [0.1, 0.15) is 11.5 Å². The van der Waals surface area contributed by atoms with E-state index >= 15 is 0 Å². The SMILES string of the molecule is Cc1cc(-c2ccc(Cl)cc2)c(C)cc1C1=C(O)C2(CCCCC2)NC1=O.Cc1cc(C2=C(O)C3(CCCCC3)NC2=O)c(C)cc1Br.OB(O)c1ccc(Cl)cc1. The van der Waals surface area contributed by atoms with Gasteiger partial charge in [-0.05, 0) is 140 Å². The van der Waals surface area contributed by atoms with E-state index in [0.29, 0.717) is 26.7 Å². The Bertz CT molecular complexity index is 2260. The van der Waals surface area contributed by atoms with Crippen molar-refractivity contribution >= 4 is 74.7 Å². The fourth-order valence-electron chi connectivity index (χ4n) is 8.62. The van der Waals surface area contributed by atoms with Crippen LogP contribution in [0.15, 0.2) is 88.8 Å². The van der Waals surface area contributed by atoms with Crippen LogP contribution in [0.1, 0.15) is 97.6 Å². The predicted molar refractivity (Wildman–Crippen MR) is 238 cm³/mol. The molecule has 2 saturated carbocycles. The number of rotatable bonds is 4. The molecule has 2 amide bonds. The summed E-state index contributed by atoms with van der Waals surface area (Å²) in [7, 11) is -1.41. The van der Waals surface area contributed by atoms with Gasteiger partial charge in [-0.2, -0.15) is 0 Å². The highest BCUT2D eigenvalue weighted by Crippen LogP contribution is 2.44. The molecule has 0 saturated heterocycles. The summed E-state index contributed by atoms with van der Waals surface area (Å²) in [6.07, 6.45) is 9.81. The summed E-state index contributed by atoms with van der Waals surface area (Å²) < 4.78 is 1.02. The van der Waals surface area contributed by atoms with Crippen molar-refractivity contribution in [2.24, 2.45) is 0 Å². The van der Waals surface area contributed by atoms with E-state index < -0.39 is 18.2 Å². The number of carbonyl (C=O) groups is 2. The van der Waals surface area contributed by atoms with Crippen LogP contribution in [0, 0.1) is 27.7 Å². The van der Waals surface area contributed by atoms with Crippen LogP contribution < -0.4 is 16.1 Å². The Morgan fingerprint density at radius 1 is 0.569 bits per heavy atom. The molecule has 0 unspecified atom stereocenters. The fraction of sp³-hybridized carbons (Fsp3) is 0.348. The van der Waals surface area contributed by atoms with Gasteiger partial charge in [0.25, 0.3) is 11.8 Å². The van der Waals surface area contributed by atoms with Gasteiger partial charge in [0.2, 0.25) is 0 Å². The lowest BCUT2D eigenvalue weighted by molar-refractivity contribution is -0.117. The lowest BCUT2D eigenvalue weighted by atomic mass is 9.80. The second kappa shape index (κ2) is 18.1. The van der Waals surface area contributed by atoms with Gasteiger partial charge in [-0.25, -0.2) is 0 Å². The minimum absolute atomic E-state index is 0.140. The zero-order valence-corrected chi connectivity index (χ0v) is 36.4. The molecule has 8 nitrogen and oxygen atoms in total. The van der Waals surface area contributed by atoms with E-state index in [9.17, 15) is 19.8 Å². The second-order valence-electron chi connectivity index (χ2n) is 16.0. The summed E-state index contributed by atoms with van der Waals surface area (Å²) in [6, 6.07) is 22.2. The molecule has 0 atom stereocenters. The molecular weight excluding hydrogens is 838 g/mol. The number of benzene rings is 4. The third kappa shape index (κ3) is 9.07. The number of carbonyl (C=O) groups excluding carboxylic acids is 2. The van der Waals surface area contributed by atoms with Gasteiger partial charge in [-0.1, -0.05) is 114 Å². The van der Waals surface area contributed by atoms with E-state index in [1.165, 1.54) is 6.42 Å². The summed E-state index contributed by atoms with van der Waals surface area (Å²) in [5, 5.41) is 46.5. The van der Waals surface area contributed by atoms with Gasteiger partial charge in [0, 0.05) is 14.5 Å². The van der Waals surface area contributed by atoms with Crippen LogP contribution in [0.25, 0.3) is 22.3 Å². The maximum atomic E-state index is 12.8. The third-order valence-corrected chi connectivity index (χ3v) is 13.3. The molecule has 12 heteroatoms. The van der Waals surface area contributed by atoms with E-state index in [1.54, 1.807) is 24.3 Å². The maximum Gasteiger partial charge on any atom is 0.488 e. The first-order chi connectivity index (χ1) is 27.6. The lowest BCUT2D eigenvalue weighted by Gasteiger charge is -2.33. The van der Waals surface area contributed by atoms with E-state index in [2.05, 4.69) is 32.6 Å². The Kier molecular flexibility index (Phi) is 13.6. The Labute approximate surface area is 359 Å². The summed E-state index contributed by atoms with van der Waals surface area (Å²) >= 11 is 15.1. The molecule has 0 aromatic heterocycles. The predicted octanol–water partition coefficient (Wildman–Crippen LogP) is 9.91. The summed E-state index contributed by atoms with van der Waals surface area (Å²) in [4.78, 5) is 25.2. The normalized spacial score (nSPS) is 18.0. The standard InChI is InChI=1S/C23H24ClNO2.C17H20BrNO2.C6H6BClO2/c1-14-13-19(15(2)12-18(14)16-6-8-17(24)9-7-16)20-21(26)23(25-22(20)27)10-4-3-5-11-23;1-10-9-13(18)11(2)8-12(10)14-15(20)17(19-16(14)21)6-4-3-5-7-17;8-6-3-1-5(2-4-6)7(9)10/h6-9,12-13,26H,3-5,10-11H2,1-2H3,(H,25,27);8-9,20H,3-7H2,1-2H3,(H,19,21);1-4,9-10H. The van der Waals surface area contributed by atoms with Crippen LogP contribution in [-0.4, -0.2) is 50.3 Å². The summed E-state index contributed by atoms with van der Waals surface area (Å²) in [5.41, 5.74) is 8.25. The highest BCUT2D eigenvalue weighted by molar-refractivity contribution is 9.10. The van der Waals surface area contributed by atoms with Crippen molar-refractivity contribution in [2.45, 2.75) is 103 Å². The first-order valence-electron chi connectivity index (χ1n) is 19.8. The van der Waals surface area contributed by atoms with Crippen molar-refractivity contribution in [1.82, 2.24) is 10.6 Å². The molecule has 2 aliphatic heterocycles. The smallest absolute Gasteiger partial charge is 0.488 e. The van der Waals surface area contributed by atoms with Gasteiger partial charge in [0.05, 0.1) is 22.2 Å². The lowest BCUT2D eigenvalue weighted by Crippen LogP contribution is -2.46. The van der Waals surface area contributed by atoms with Crippen LogP contribution in [-0.2, 0) is 9.59 Å². The van der Waals surface area contributed by atoms with Gasteiger partial charge >= 0.3 is 7.12 Å². The monoisotopic (exact) mass is 886 g/mol. The molecule has 0 radical (unpaired) electrons. The second-order valence-corrected chi connectivity index (χ2v) is 17.7. The number of halogens is 3. The first-order valence-corrected chi connectivity index (χ1v) is 21.4. The number of aliphatic hydroxyl groups is 2. The van der Waals surface area contributed by atoms with Crippen LogP contribution in [0.2, 0.25) is 10.0 Å². The molecule has 4 aromatic carbocycles. The molecule has 2 heterocycles. The number of aryl methyl sites for hydroxylation is 4. The van der Waals surface area contributed by atoms with Crippen molar-refractivity contribution in [3.05, 3.63) is 132 Å². The van der Waals surface area contributed by atoms with Crippen LogP contribution in [0.5, 0.6) is 0 Å². The highest BCUT2D eigenvalue weighted by Gasteiger charge is 2.47. The number of hydrogen-bond donors (Lipinski definition) is 6. The quantitative estimate of drug-likeness (QED) is 0.113. The molecule has 304 valence electrons. The van der Waals surface area contributed by atoms with Gasteiger partial charge in [-0.15, -0.1) is 0 Å². The van der Waals surface area contributed by atoms with E-state index in [4.69, 9.17) is 33.2 Å². The topological polar surface area (TPSA) is 139 Å². The largest absolute Gasteiger partial charge is 0.509 e. The third-order valence-electron chi connectivity index (χ3n) is 11.9. The van der Waals surface area contributed by atoms with Gasteiger partial charge in [0.15, 0.2) is 0 Å². The molecule has 2 aliphatic carbocycles. The molecule has 4 aromatic rings. The molecule has 2 fully saturated rings. The molecule has 0 bridgehead atoms. The summed E-state index contributed by atoms with van der Waals surface area (Å²) in [6.45, 7) is 7.99. The minimum Gasteiger partial charge on any atom is -0.509 e. The molecule has 4 aliphatic rings. The zero-order chi connectivity index (χ0) is 41.9. The molecule has 2 spiro atoms. The van der Waals surface area contributed by atoms with Crippen molar-refractivity contribution in [3.63, 3.8) is 0 Å². The minimum atomic E-state index is -1.41. The van der Waals surface area contributed by atoms with Crippen molar-refractivity contribution in [3.8, 4) is 11.1 Å². The van der Waals surface area contributed by atoms with E-state index in [1.807, 2.05) is 70.2 Å². The Balaban J connectivity index is 0.000000162. The maximum absolute atomic E-state index is 12.8. The molecular formula is C46H50BBrCl2N2O6. The zero-order valence-electron chi connectivity index (χ0n) is 33.3. The average Bonchev–Trinajstić information content (AvgIpc) is 3.57. The number of nitrogens with one attached hydrogen (secondary N) is 2. The fourth-order valence-corrected chi connectivity index (χ4v) is 9.33. The van der Waals surface area contributed by atoms with E-state index in [0.717, 1.165) is 107 Å². The molecule has 6 N–H and O–H groups in total. The van der Waals surface area contributed by atoms with Crippen molar-refractivity contribution < 1.29 is 29.9 Å². The van der Waals surface area contributed by atoms with E-state index in [-0.39, 0.29) is 23.3 Å². The Morgan fingerprint density at radius 2 is 0.948 bits per heavy atom. The van der Waals surface area contributed by atoms with Crippen LogP contribution in [0.3, 0.4) is 0 Å². The molecule has 8 rings (SSSR count). The number of amides is 2. The van der Waals surface area contributed by atoms with Crippen LogP contribution in [0.4, 0.5) is 0 Å². The number of hydrogen-bond acceptors (Lipinski definition) is 6. The first kappa shape index (κ1) is 43.5.